The van der Waals surface area contributed by atoms with E-state index in [9.17, 15) is 27.6 Å². The number of alkyl halides is 3. The number of ether oxygens (including phenoxy) is 1. The van der Waals surface area contributed by atoms with Crippen molar-refractivity contribution in [2.75, 3.05) is 31.6 Å². The van der Waals surface area contributed by atoms with Crippen molar-refractivity contribution in [3.05, 3.63) is 29.3 Å². The number of carbonyl (C=O) groups excluding carboxylic acids is 3. The molecule has 2 amide bonds. The van der Waals surface area contributed by atoms with Gasteiger partial charge in [-0.3, -0.25) is 14.4 Å². The summed E-state index contributed by atoms with van der Waals surface area (Å²) in [5.74, 6) is -0.872. The van der Waals surface area contributed by atoms with E-state index in [2.05, 4.69) is 4.74 Å². The minimum Gasteiger partial charge on any atom is -0.469 e. The summed E-state index contributed by atoms with van der Waals surface area (Å²) in [6, 6.07) is 3.51. The first-order valence-corrected chi connectivity index (χ1v) is 9.42. The van der Waals surface area contributed by atoms with Crippen LogP contribution in [-0.4, -0.2) is 49.4 Å². The molecule has 0 bridgehead atoms. The normalized spacial score (nSPS) is 18.0. The Morgan fingerprint density at radius 2 is 1.79 bits per heavy atom. The van der Waals surface area contributed by atoms with Crippen LogP contribution in [-0.2, 0) is 30.7 Å². The van der Waals surface area contributed by atoms with Gasteiger partial charge in [0, 0.05) is 44.1 Å². The highest BCUT2D eigenvalue weighted by Gasteiger charge is 2.47. The Labute approximate surface area is 166 Å². The highest BCUT2D eigenvalue weighted by molar-refractivity contribution is 5.95. The van der Waals surface area contributed by atoms with Gasteiger partial charge in [0.2, 0.25) is 11.8 Å². The molecule has 1 fully saturated rings. The maximum absolute atomic E-state index is 13.2. The number of anilines is 1. The molecule has 1 spiro atoms. The molecule has 3 rings (SSSR count). The van der Waals surface area contributed by atoms with Crippen LogP contribution in [0.25, 0.3) is 0 Å². The first-order chi connectivity index (χ1) is 13.6. The second-order valence-corrected chi connectivity index (χ2v) is 7.57. The number of likely N-dealkylation sites (tertiary alicyclic amines) is 1. The third kappa shape index (κ3) is 4.09. The fraction of sp³-hybridized carbons (Fsp3) is 0.550. The molecule has 1 aromatic carbocycles. The average molecular weight is 412 g/mol. The van der Waals surface area contributed by atoms with E-state index in [1.54, 1.807) is 4.90 Å². The first kappa shape index (κ1) is 21.1. The Balaban J connectivity index is 1.81. The zero-order valence-corrected chi connectivity index (χ0v) is 16.3. The fourth-order valence-electron chi connectivity index (χ4n) is 4.21. The lowest BCUT2D eigenvalue weighted by Gasteiger charge is -2.40. The lowest BCUT2D eigenvalue weighted by Crippen LogP contribution is -2.47. The van der Waals surface area contributed by atoms with Crippen LogP contribution >= 0.6 is 0 Å². The summed E-state index contributed by atoms with van der Waals surface area (Å²) in [6.45, 7) is 2.43. The Hall–Kier alpha value is -2.58. The van der Waals surface area contributed by atoms with Gasteiger partial charge in [0.1, 0.15) is 0 Å². The van der Waals surface area contributed by atoms with Gasteiger partial charge in [-0.25, -0.2) is 0 Å². The van der Waals surface area contributed by atoms with Crippen molar-refractivity contribution >= 4 is 23.5 Å². The van der Waals surface area contributed by atoms with Crippen molar-refractivity contribution in [2.24, 2.45) is 0 Å². The molecule has 2 aliphatic rings. The summed E-state index contributed by atoms with van der Waals surface area (Å²) < 4.78 is 44.3. The van der Waals surface area contributed by atoms with Gasteiger partial charge >= 0.3 is 12.1 Å². The van der Waals surface area contributed by atoms with E-state index in [1.165, 1.54) is 25.0 Å². The van der Waals surface area contributed by atoms with Gasteiger partial charge in [0.05, 0.1) is 19.1 Å². The number of hydrogen-bond acceptors (Lipinski definition) is 4. The molecule has 0 radical (unpaired) electrons. The molecule has 0 saturated carbocycles. The summed E-state index contributed by atoms with van der Waals surface area (Å²) in [5.41, 5.74) is -0.320. The molecule has 0 aromatic heterocycles. The zero-order valence-electron chi connectivity index (χ0n) is 16.3. The Morgan fingerprint density at radius 3 is 2.34 bits per heavy atom. The SMILES string of the molecule is COC(=O)CCC(=O)N1CCC2(CC1)CN(C(C)=O)c1ccc(C(F)(F)F)cc12. The molecule has 6 nitrogen and oxygen atoms in total. The average Bonchev–Trinajstić information content (AvgIpc) is 2.99. The molecule has 9 heteroatoms. The van der Waals surface area contributed by atoms with Gasteiger partial charge in [0.15, 0.2) is 0 Å². The highest BCUT2D eigenvalue weighted by atomic mass is 19.4. The second kappa shape index (κ2) is 7.68. The molecular formula is C20H23F3N2O4. The van der Waals surface area contributed by atoms with Crippen molar-refractivity contribution in [3.8, 4) is 0 Å². The van der Waals surface area contributed by atoms with Crippen LogP contribution in [0.3, 0.4) is 0 Å². The zero-order chi connectivity index (χ0) is 21.4. The van der Waals surface area contributed by atoms with Gasteiger partial charge < -0.3 is 14.5 Å². The molecule has 1 saturated heterocycles. The molecular weight excluding hydrogens is 389 g/mol. The van der Waals surface area contributed by atoms with Crippen LogP contribution in [0.5, 0.6) is 0 Å². The van der Waals surface area contributed by atoms with Gasteiger partial charge in [-0.1, -0.05) is 0 Å². The molecule has 0 aliphatic carbocycles. The van der Waals surface area contributed by atoms with Gasteiger partial charge in [-0.05, 0) is 36.6 Å². The van der Waals surface area contributed by atoms with E-state index in [4.69, 9.17) is 0 Å². The highest BCUT2D eigenvalue weighted by Crippen LogP contribution is 2.48. The van der Waals surface area contributed by atoms with Crippen LogP contribution in [0.2, 0.25) is 0 Å². The lowest BCUT2D eigenvalue weighted by molar-refractivity contribution is -0.144. The van der Waals surface area contributed by atoms with E-state index >= 15 is 0 Å². The Bertz CT molecular complexity index is 830. The minimum absolute atomic E-state index is 0.00708. The minimum atomic E-state index is -4.47. The van der Waals surface area contributed by atoms with E-state index < -0.39 is 23.1 Å². The van der Waals surface area contributed by atoms with Crippen LogP contribution in [0, 0.1) is 0 Å². The van der Waals surface area contributed by atoms with Crippen molar-refractivity contribution in [2.45, 2.75) is 44.2 Å². The molecule has 2 aliphatic heterocycles. The number of fused-ring (bicyclic) bond motifs is 2. The number of esters is 1. The van der Waals surface area contributed by atoms with E-state index in [0.29, 0.717) is 43.7 Å². The Kier molecular flexibility index (Phi) is 5.60. The van der Waals surface area contributed by atoms with Gasteiger partial charge in [0.25, 0.3) is 0 Å². The molecule has 158 valence electrons. The first-order valence-electron chi connectivity index (χ1n) is 9.42. The van der Waals surface area contributed by atoms with Crippen molar-refractivity contribution < 1.29 is 32.3 Å². The summed E-state index contributed by atoms with van der Waals surface area (Å²) in [7, 11) is 1.25. The smallest absolute Gasteiger partial charge is 0.416 e. The second-order valence-electron chi connectivity index (χ2n) is 7.57. The maximum Gasteiger partial charge on any atom is 0.416 e. The predicted octanol–water partition coefficient (Wildman–Crippen LogP) is 2.89. The number of rotatable bonds is 3. The summed E-state index contributed by atoms with van der Waals surface area (Å²) in [5, 5.41) is 0. The molecule has 29 heavy (non-hydrogen) atoms. The summed E-state index contributed by atoms with van der Waals surface area (Å²) >= 11 is 0. The fourth-order valence-corrected chi connectivity index (χ4v) is 4.21. The summed E-state index contributed by atoms with van der Waals surface area (Å²) in [4.78, 5) is 38.8. The van der Waals surface area contributed by atoms with Gasteiger partial charge in [-0.15, -0.1) is 0 Å². The van der Waals surface area contributed by atoms with Crippen molar-refractivity contribution in [1.29, 1.82) is 0 Å². The van der Waals surface area contributed by atoms with Crippen molar-refractivity contribution in [1.82, 2.24) is 4.90 Å². The number of halogens is 3. The maximum atomic E-state index is 13.2. The van der Waals surface area contributed by atoms with Crippen LogP contribution in [0.1, 0.15) is 43.7 Å². The van der Waals surface area contributed by atoms with E-state index in [0.717, 1.165) is 12.1 Å². The monoisotopic (exact) mass is 412 g/mol. The standard InChI is InChI=1S/C20H23F3N2O4/c1-13(26)25-12-19(15-11-14(20(21,22)23)3-4-16(15)25)7-9-24(10-8-19)17(27)5-6-18(28)29-2/h3-4,11H,5-10,12H2,1-2H3. The van der Waals surface area contributed by atoms with Crippen LogP contribution < -0.4 is 4.90 Å². The summed E-state index contributed by atoms with van der Waals surface area (Å²) in [6.07, 6.45) is -3.53. The molecule has 2 heterocycles. The van der Waals surface area contributed by atoms with E-state index in [1.807, 2.05) is 0 Å². The number of hydrogen-bond donors (Lipinski definition) is 0. The third-order valence-corrected chi connectivity index (χ3v) is 5.87. The number of carbonyl (C=O) groups is 3. The molecule has 0 atom stereocenters. The van der Waals surface area contributed by atoms with Crippen LogP contribution in [0.15, 0.2) is 18.2 Å². The van der Waals surface area contributed by atoms with Crippen molar-refractivity contribution in [3.63, 3.8) is 0 Å². The quantitative estimate of drug-likeness (QED) is 0.716. The number of nitrogens with zero attached hydrogens (tertiary/aromatic N) is 2. The topological polar surface area (TPSA) is 66.9 Å². The molecule has 0 unspecified atom stereocenters. The lowest BCUT2D eigenvalue weighted by atomic mass is 9.74. The van der Waals surface area contributed by atoms with E-state index in [-0.39, 0.29) is 24.7 Å². The third-order valence-electron chi connectivity index (χ3n) is 5.87. The number of benzene rings is 1. The number of piperidine rings is 1. The largest absolute Gasteiger partial charge is 0.469 e. The number of amides is 2. The predicted molar refractivity (Wildman–Crippen MR) is 98.2 cm³/mol. The van der Waals surface area contributed by atoms with Gasteiger partial charge in [-0.2, -0.15) is 13.2 Å². The molecule has 1 aromatic rings. The van der Waals surface area contributed by atoms with Crippen LogP contribution in [0.4, 0.5) is 18.9 Å². The Morgan fingerprint density at radius 1 is 1.14 bits per heavy atom. The number of methoxy groups -OCH3 is 1. The molecule has 0 N–H and O–H groups in total.